The van der Waals surface area contributed by atoms with Gasteiger partial charge < -0.3 is 30.0 Å². The van der Waals surface area contributed by atoms with Gasteiger partial charge in [0.25, 0.3) is 0 Å². The number of hydrogen-bond donors (Lipinski definition) is 3. The third kappa shape index (κ3) is 7.41. The standard InChI is InChI=1S/C21H28ClN3O4.HI/c1-5-23-21(25-13-17(26)15-6-8-16(22)9-7-15)24-12-14-10-18(27-2)20(29-4)19(11-14)28-3;/h6-11,17,26H,5,12-13H2,1-4H3,(H2,23,24,25);1H. The van der Waals surface area contributed by atoms with Gasteiger partial charge in [-0.3, -0.25) is 0 Å². The molecule has 0 saturated heterocycles. The quantitative estimate of drug-likeness (QED) is 0.251. The first-order valence-corrected chi connectivity index (χ1v) is 9.64. The molecule has 2 rings (SSSR count). The van der Waals surface area contributed by atoms with Crippen LogP contribution in [-0.2, 0) is 6.54 Å². The minimum Gasteiger partial charge on any atom is -0.493 e. The van der Waals surface area contributed by atoms with Gasteiger partial charge >= 0.3 is 0 Å². The molecule has 0 spiro atoms. The summed E-state index contributed by atoms with van der Waals surface area (Å²) in [5, 5.41) is 17.3. The Balaban J connectivity index is 0.00000450. The molecule has 30 heavy (non-hydrogen) atoms. The number of methoxy groups -OCH3 is 3. The van der Waals surface area contributed by atoms with Crippen molar-refractivity contribution in [3.63, 3.8) is 0 Å². The van der Waals surface area contributed by atoms with Crippen molar-refractivity contribution in [1.82, 2.24) is 10.6 Å². The normalized spacial score (nSPS) is 11.9. The molecule has 166 valence electrons. The molecule has 0 fully saturated rings. The Bertz CT molecular complexity index is 793. The molecule has 0 aliphatic heterocycles. The molecule has 0 heterocycles. The minimum atomic E-state index is -0.683. The Morgan fingerprint density at radius 3 is 2.13 bits per heavy atom. The van der Waals surface area contributed by atoms with Crippen LogP contribution in [-0.4, -0.2) is 45.5 Å². The highest BCUT2D eigenvalue weighted by molar-refractivity contribution is 14.0. The number of halogens is 2. The zero-order valence-corrected chi connectivity index (χ0v) is 20.7. The summed E-state index contributed by atoms with van der Waals surface area (Å²) in [5.74, 6) is 2.29. The van der Waals surface area contributed by atoms with Gasteiger partial charge in [0.05, 0.1) is 34.0 Å². The topological polar surface area (TPSA) is 84.3 Å². The molecular formula is C21H29ClIN3O4. The molecule has 0 radical (unpaired) electrons. The zero-order valence-electron chi connectivity index (χ0n) is 17.6. The van der Waals surface area contributed by atoms with Crippen molar-refractivity contribution in [2.75, 3.05) is 34.4 Å². The van der Waals surface area contributed by atoms with Gasteiger partial charge in [-0.15, -0.1) is 24.0 Å². The van der Waals surface area contributed by atoms with Crippen molar-refractivity contribution in [1.29, 1.82) is 0 Å². The lowest BCUT2D eigenvalue weighted by Crippen LogP contribution is -2.39. The molecule has 0 amide bonds. The number of benzene rings is 2. The summed E-state index contributed by atoms with van der Waals surface area (Å²) in [6.45, 7) is 3.37. The van der Waals surface area contributed by atoms with Crippen LogP contribution in [0.1, 0.15) is 24.2 Å². The van der Waals surface area contributed by atoms with E-state index in [1.165, 1.54) is 0 Å². The van der Waals surface area contributed by atoms with Crippen molar-refractivity contribution in [2.24, 2.45) is 4.99 Å². The van der Waals surface area contributed by atoms with E-state index in [2.05, 4.69) is 15.6 Å². The summed E-state index contributed by atoms with van der Waals surface area (Å²) < 4.78 is 16.1. The van der Waals surface area contributed by atoms with Gasteiger partial charge in [0.1, 0.15) is 0 Å². The van der Waals surface area contributed by atoms with Gasteiger partial charge in [-0.2, -0.15) is 0 Å². The summed E-state index contributed by atoms with van der Waals surface area (Å²) in [7, 11) is 4.72. The van der Waals surface area contributed by atoms with Crippen molar-refractivity contribution >= 4 is 41.5 Å². The van der Waals surface area contributed by atoms with Crippen molar-refractivity contribution < 1.29 is 19.3 Å². The number of aliphatic hydroxyl groups excluding tert-OH is 1. The molecular weight excluding hydrogens is 521 g/mol. The molecule has 0 aliphatic carbocycles. The number of guanidine groups is 1. The van der Waals surface area contributed by atoms with Gasteiger partial charge in [-0.1, -0.05) is 23.7 Å². The molecule has 2 aromatic carbocycles. The van der Waals surface area contributed by atoms with Crippen LogP contribution >= 0.6 is 35.6 Å². The molecule has 9 heteroatoms. The predicted molar refractivity (Wildman–Crippen MR) is 131 cm³/mol. The molecule has 0 bridgehead atoms. The fraction of sp³-hybridized carbons (Fsp3) is 0.381. The summed E-state index contributed by atoms with van der Waals surface area (Å²) >= 11 is 5.89. The Labute approximate surface area is 199 Å². The lowest BCUT2D eigenvalue weighted by molar-refractivity contribution is 0.181. The van der Waals surface area contributed by atoms with Crippen LogP contribution in [0.15, 0.2) is 41.4 Å². The van der Waals surface area contributed by atoms with Gasteiger partial charge in [0, 0.05) is 18.1 Å². The van der Waals surface area contributed by atoms with E-state index in [0.717, 1.165) is 11.1 Å². The number of aliphatic imine (C=N–C) groups is 1. The molecule has 0 aliphatic rings. The molecule has 2 aromatic rings. The molecule has 0 saturated carbocycles. The third-order valence-corrected chi connectivity index (χ3v) is 4.46. The second kappa shape index (κ2) is 13.4. The summed E-state index contributed by atoms with van der Waals surface area (Å²) in [6, 6.07) is 10.8. The van der Waals surface area contributed by atoms with Gasteiger partial charge in [-0.05, 0) is 42.3 Å². The lowest BCUT2D eigenvalue weighted by Gasteiger charge is -2.16. The molecule has 7 nitrogen and oxygen atoms in total. The maximum absolute atomic E-state index is 10.4. The van der Waals surface area contributed by atoms with E-state index in [1.807, 2.05) is 19.1 Å². The third-order valence-electron chi connectivity index (χ3n) is 4.21. The van der Waals surface area contributed by atoms with Gasteiger partial charge in [-0.25, -0.2) is 4.99 Å². The minimum absolute atomic E-state index is 0. The fourth-order valence-electron chi connectivity index (χ4n) is 2.73. The first-order valence-electron chi connectivity index (χ1n) is 9.26. The average Bonchev–Trinajstić information content (AvgIpc) is 2.74. The summed E-state index contributed by atoms with van der Waals surface area (Å²) in [5.41, 5.74) is 1.68. The fourth-order valence-corrected chi connectivity index (χ4v) is 2.86. The molecule has 1 atom stereocenters. The van der Waals surface area contributed by atoms with Crippen molar-refractivity contribution in [3.05, 3.63) is 52.5 Å². The van der Waals surface area contributed by atoms with E-state index in [0.29, 0.717) is 47.9 Å². The van der Waals surface area contributed by atoms with E-state index < -0.39 is 6.10 Å². The first-order chi connectivity index (χ1) is 14.0. The SMILES string of the molecule is CCNC(=NCc1cc(OC)c(OC)c(OC)c1)NCC(O)c1ccc(Cl)cc1.I. The molecule has 1 unspecified atom stereocenters. The predicted octanol–water partition coefficient (Wildman–Crippen LogP) is 3.77. The van der Waals surface area contributed by atoms with Crippen LogP contribution in [0.5, 0.6) is 17.2 Å². The molecule has 0 aromatic heterocycles. The Morgan fingerprint density at radius 1 is 1.03 bits per heavy atom. The molecule has 3 N–H and O–H groups in total. The van der Waals surface area contributed by atoms with E-state index in [1.54, 1.807) is 45.6 Å². The Morgan fingerprint density at radius 2 is 1.63 bits per heavy atom. The number of nitrogens with zero attached hydrogens (tertiary/aromatic N) is 1. The highest BCUT2D eigenvalue weighted by Gasteiger charge is 2.13. The maximum Gasteiger partial charge on any atom is 0.203 e. The van der Waals surface area contributed by atoms with E-state index in [-0.39, 0.29) is 24.0 Å². The highest BCUT2D eigenvalue weighted by Crippen LogP contribution is 2.38. The first kappa shape index (κ1) is 26.1. The number of ether oxygens (including phenoxy) is 3. The van der Waals surface area contributed by atoms with Crippen LogP contribution in [0.25, 0.3) is 0 Å². The van der Waals surface area contributed by atoms with E-state index >= 15 is 0 Å². The number of nitrogens with one attached hydrogen (secondary N) is 2. The van der Waals surface area contributed by atoms with Crippen LogP contribution < -0.4 is 24.8 Å². The van der Waals surface area contributed by atoms with Crippen LogP contribution in [0.2, 0.25) is 5.02 Å². The summed E-state index contributed by atoms with van der Waals surface area (Å²) in [6.07, 6.45) is -0.683. The smallest absolute Gasteiger partial charge is 0.203 e. The van der Waals surface area contributed by atoms with Crippen LogP contribution in [0, 0.1) is 0 Å². The highest BCUT2D eigenvalue weighted by atomic mass is 127. The van der Waals surface area contributed by atoms with E-state index in [4.69, 9.17) is 25.8 Å². The van der Waals surface area contributed by atoms with Crippen LogP contribution in [0.4, 0.5) is 0 Å². The van der Waals surface area contributed by atoms with Crippen molar-refractivity contribution in [3.8, 4) is 17.2 Å². The van der Waals surface area contributed by atoms with E-state index in [9.17, 15) is 5.11 Å². The zero-order chi connectivity index (χ0) is 21.2. The average molecular weight is 550 g/mol. The second-order valence-corrected chi connectivity index (χ2v) is 6.61. The number of hydrogen-bond acceptors (Lipinski definition) is 5. The summed E-state index contributed by atoms with van der Waals surface area (Å²) in [4.78, 5) is 4.58. The maximum atomic E-state index is 10.4. The van der Waals surface area contributed by atoms with Gasteiger partial charge in [0.2, 0.25) is 5.75 Å². The second-order valence-electron chi connectivity index (χ2n) is 6.18. The van der Waals surface area contributed by atoms with Crippen molar-refractivity contribution in [2.45, 2.75) is 19.6 Å². The van der Waals surface area contributed by atoms with Crippen LogP contribution in [0.3, 0.4) is 0 Å². The Kier molecular flexibility index (Phi) is 11.7. The number of rotatable bonds is 9. The monoisotopic (exact) mass is 549 g/mol. The lowest BCUT2D eigenvalue weighted by atomic mass is 10.1. The van der Waals surface area contributed by atoms with Gasteiger partial charge in [0.15, 0.2) is 17.5 Å². The number of aliphatic hydroxyl groups is 1. The largest absolute Gasteiger partial charge is 0.493 e. The Hall–Kier alpha value is -1.91.